The number of rotatable bonds is 2. The summed E-state index contributed by atoms with van der Waals surface area (Å²) in [5.74, 6) is -0.547. The molecule has 1 aromatic carbocycles. The second-order valence-electron chi connectivity index (χ2n) is 3.52. The highest BCUT2D eigenvalue weighted by atomic mass is 16.6. The molecule has 0 bridgehead atoms. The van der Waals surface area contributed by atoms with Gasteiger partial charge in [0.05, 0.1) is 6.42 Å². The van der Waals surface area contributed by atoms with Gasteiger partial charge in [0.15, 0.2) is 0 Å². The van der Waals surface area contributed by atoms with Crippen molar-refractivity contribution >= 4 is 17.9 Å². The lowest BCUT2D eigenvalue weighted by atomic mass is 10.2. The van der Waals surface area contributed by atoms with Crippen molar-refractivity contribution in [2.24, 2.45) is 0 Å². The van der Waals surface area contributed by atoms with E-state index in [1.165, 1.54) is 0 Å². The number of hydrogen-bond acceptors (Lipinski definition) is 4. The maximum atomic E-state index is 11.4. The van der Waals surface area contributed by atoms with Crippen molar-refractivity contribution in [1.82, 2.24) is 10.6 Å². The predicted molar refractivity (Wildman–Crippen MR) is 57.2 cm³/mol. The first-order valence-corrected chi connectivity index (χ1v) is 5.02. The molecular formula is C11H10N2O4. The van der Waals surface area contributed by atoms with E-state index in [0.717, 1.165) is 0 Å². The minimum absolute atomic E-state index is 0.0529. The second kappa shape index (κ2) is 4.65. The molecule has 6 nitrogen and oxygen atoms in total. The lowest BCUT2D eigenvalue weighted by Gasteiger charge is -2.09. The summed E-state index contributed by atoms with van der Waals surface area (Å²) in [4.78, 5) is 33.4. The molecule has 3 amide bonds. The molecule has 1 aliphatic heterocycles. The summed E-state index contributed by atoms with van der Waals surface area (Å²) in [5.41, 5.74) is 0. The summed E-state index contributed by atoms with van der Waals surface area (Å²) in [5, 5.41) is 4.40. The van der Waals surface area contributed by atoms with E-state index in [2.05, 4.69) is 10.6 Å². The van der Waals surface area contributed by atoms with Crippen molar-refractivity contribution in [2.45, 2.75) is 12.5 Å². The monoisotopic (exact) mass is 234 g/mol. The molecule has 1 saturated heterocycles. The van der Waals surface area contributed by atoms with Gasteiger partial charge in [-0.3, -0.25) is 14.9 Å². The van der Waals surface area contributed by atoms with Crippen molar-refractivity contribution < 1.29 is 19.1 Å². The van der Waals surface area contributed by atoms with E-state index in [0.29, 0.717) is 5.75 Å². The van der Waals surface area contributed by atoms with Crippen LogP contribution in [-0.2, 0) is 9.59 Å². The van der Waals surface area contributed by atoms with Crippen LogP contribution >= 0.6 is 0 Å². The number of carbonyl (C=O) groups excluding carboxylic acids is 3. The van der Waals surface area contributed by atoms with E-state index < -0.39 is 23.9 Å². The normalized spacial score (nSPS) is 18.7. The highest BCUT2D eigenvalue weighted by molar-refractivity contribution is 6.06. The lowest BCUT2D eigenvalue weighted by molar-refractivity contribution is -0.125. The summed E-state index contributed by atoms with van der Waals surface area (Å²) in [6.45, 7) is 0. The molecule has 1 fully saturated rings. The van der Waals surface area contributed by atoms with Crippen molar-refractivity contribution in [3.63, 3.8) is 0 Å². The highest BCUT2D eigenvalue weighted by Gasteiger charge is 2.32. The zero-order chi connectivity index (χ0) is 12.3. The maximum Gasteiger partial charge on any atom is 0.413 e. The first-order valence-electron chi connectivity index (χ1n) is 5.02. The summed E-state index contributed by atoms with van der Waals surface area (Å²) >= 11 is 0. The zero-order valence-electron chi connectivity index (χ0n) is 8.80. The van der Waals surface area contributed by atoms with Crippen LogP contribution in [0, 0.1) is 0 Å². The van der Waals surface area contributed by atoms with Crippen molar-refractivity contribution in [3.8, 4) is 5.75 Å². The Morgan fingerprint density at radius 1 is 1.29 bits per heavy atom. The standard InChI is InChI=1S/C11H10N2O4/c14-9-6-8(10(15)13-9)12-11(16)17-7-4-2-1-3-5-7/h1-5,8H,6H2,(H,12,16)(H,13,14,15). The van der Waals surface area contributed by atoms with Crippen LogP contribution in [0.3, 0.4) is 0 Å². The Morgan fingerprint density at radius 2 is 2.00 bits per heavy atom. The van der Waals surface area contributed by atoms with Gasteiger partial charge in [0, 0.05) is 0 Å². The Balaban J connectivity index is 1.90. The molecule has 1 atom stereocenters. The van der Waals surface area contributed by atoms with Crippen LogP contribution < -0.4 is 15.4 Å². The Kier molecular flexibility index (Phi) is 3.04. The van der Waals surface area contributed by atoms with Crippen molar-refractivity contribution in [2.75, 3.05) is 0 Å². The van der Waals surface area contributed by atoms with E-state index in [1.807, 2.05) is 0 Å². The number of hydrogen-bond donors (Lipinski definition) is 2. The fraction of sp³-hybridized carbons (Fsp3) is 0.182. The number of nitrogens with one attached hydrogen (secondary N) is 2. The van der Waals surface area contributed by atoms with Gasteiger partial charge in [0.1, 0.15) is 11.8 Å². The largest absolute Gasteiger partial charge is 0.413 e. The first kappa shape index (κ1) is 11.1. The molecule has 1 aromatic rings. The van der Waals surface area contributed by atoms with E-state index in [1.54, 1.807) is 30.3 Å². The number of para-hydroxylation sites is 1. The molecule has 1 heterocycles. The summed E-state index contributed by atoms with van der Waals surface area (Å²) < 4.78 is 4.92. The van der Waals surface area contributed by atoms with Crippen molar-refractivity contribution in [1.29, 1.82) is 0 Å². The Labute approximate surface area is 96.9 Å². The van der Waals surface area contributed by atoms with Crippen molar-refractivity contribution in [3.05, 3.63) is 30.3 Å². The second-order valence-corrected chi connectivity index (χ2v) is 3.52. The molecule has 1 unspecified atom stereocenters. The van der Waals surface area contributed by atoms with Crippen LogP contribution in [0.5, 0.6) is 5.75 Å². The van der Waals surface area contributed by atoms with Gasteiger partial charge in [0.2, 0.25) is 11.8 Å². The van der Waals surface area contributed by atoms with Gasteiger partial charge in [-0.05, 0) is 12.1 Å². The fourth-order valence-corrected chi connectivity index (χ4v) is 1.44. The molecule has 17 heavy (non-hydrogen) atoms. The SMILES string of the molecule is O=C1CC(NC(=O)Oc2ccccc2)C(=O)N1. The summed E-state index contributed by atoms with van der Waals surface area (Å²) in [7, 11) is 0. The van der Waals surface area contributed by atoms with Gasteiger partial charge >= 0.3 is 6.09 Å². The van der Waals surface area contributed by atoms with Gasteiger partial charge in [-0.1, -0.05) is 18.2 Å². The van der Waals surface area contributed by atoms with Gasteiger partial charge in [-0.2, -0.15) is 0 Å². The van der Waals surface area contributed by atoms with E-state index in [9.17, 15) is 14.4 Å². The molecule has 0 saturated carbocycles. The van der Waals surface area contributed by atoms with Crippen LogP contribution in [0.25, 0.3) is 0 Å². The van der Waals surface area contributed by atoms with Gasteiger partial charge < -0.3 is 10.1 Å². The van der Waals surface area contributed by atoms with Gasteiger partial charge in [-0.25, -0.2) is 4.79 Å². The van der Waals surface area contributed by atoms with E-state index in [-0.39, 0.29) is 6.42 Å². The van der Waals surface area contributed by atoms with Gasteiger partial charge in [-0.15, -0.1) is 0 Å². The number of carbonyl (C=O) groups is 3. The molecule has 0 radical (unpaired) electrons. The van der Waals surface area contributed by atoms with Crippen LogP contribution in [-0.4, -0.2) is 23.9 Å². The van der Waals surface area contributed by atoms with Crippen LogP contribution in [0.2, 0.25) is 0 Å². The van der Waals surface area contributed by atoms with Gasteiger partial charge in [0.25, 0.3) is 0 Å². The predicted octanol–water partition coefficient (Wildman–Crippen LogP) is 0.190. The molecule has 2 rings (SSSR count). The molecule has 88 valence electrons. The molecule has 0 aliphatic carbocycles. The number of ether oxygens (including phenoxy) is 1. The Morgan fingerprint density at radius 3 is 2.59 bits per heavy atom. The third-order valence-electron chi connectivity index (χ3n) is 2.21. The Bertz CT molecular complexity index is 458. The Hall–Kier alpha value is -2.37. The van der Waals surface area contributed by atoms with E-state index >= 15 is 0 Å². The number of imide groups is 1. The minimum Gasteiger partial charge on any atom is -0.410 e. The summed E-state index contributed by atoms with van der Waals surface area (Å²) in [6, 6.07) is 7.59. The number of amides is 3. The molecule has 0 spiro atoms. The first-order chi connectivity index (χ1) is 8.15. The molecule has 2 N–H and O–H groups in total. The lowest BCUT2D eigenvalue weighted by Crippen LogP contribution is -2.41. The van der Waals surface area contributed by atoms with Crippen LogP contribution in [0.1, 0.15) is 6.42 Å². The van der Waals surface area contributed by atoms with E-state index in [4.69, 9.17) is 4.74 Å². The maximum absolute atomic E-state index is 11.4. The van der Waals surface area contributed by atoms with Crippen LogP contribution in [0.15, 0.2) is 30.3 Å². The quantitative estimate of drug-likeness (QED) is 0.715. The topological polar surface area (TPSA) is 84.5 Å². The average Bonchev–Trinajstić information content (AvgIpc) is 2.58. The average molecular weight is 234 g/mol. The smallest absolute Gasteiger partial charge is 0.410 e. The minimum atomic E-state index is -0.848. The van der Waals surface area contributed by atoms with Crippen LogP contribution in [0.4, 0.5) is 4.79 Å². The molecule has 0 aromatic heterocycles. The molecule has 6 heteroatoms. The third kappa shape index (κ3) is 2.81. The highest BCUT2D eigenvalue weighted by Crippen LogP contribution is 2.09. The molecule has 1 aliphatic rings. The number of benzene rings is 1. The zero-order valence-corrected chi connectivity index (χ0v) is 8.80. The fourth-order valence-electron chi connectivity index (χ4n) is 1.44. The molecular weight excluding hydrogens is 224 g/mol. The third-order valence-corrected chi connectivity index (χ3v) is 2.21. The summed E-state index contributed by atoms with van der Waals surface area (Å²) in [6.07, 6.45) is -0.811.